The van der Waals surface area contributed by atoms with Gasteiger partial charge in [-0.2, -0.15) is 0 Å². The number of ether oxygens (including phenoxy) is 1. The van der Waals surface area contributed by atoms with Gasteiger partial charge in [-0.3, -0.25) is 4.79 Å². The number of hydrogen-bond acceptors (Lipinski definition) is 3. The smallest absolute Gasteiger partial charge is 0.268 e. The molecule has 1 heterocycles. The van der Waals surface area contributed by atoms with Gasteiger partial charge in [0.15, 0.2) is 6.10 Å². The summed E-state index contributed by atoms with van der Waals surface area (Å²) in [5.74, 6) is 0.799. The zero-order valence-corrected chi connectivity index (χ0v) is 11.9. The van der Waals surface area contributed by atoms with Gasteiger partial charge in [0.05, 0.1) is 12.3 Å². The van der Waals surface area contributed by atoms with Gasteiger partial charge in [0, 0.05) is 6.04 Å². The predicted molar refractivity (Wildman–Crippen MR) is 74.2 cm³/mol. The third kappa shape index (κ3) is 2.45. The van der Waals surface area contributed by atoms with E-state index < -0.39 is 6.10 Å². The highest BCUT2D eigenvalue weighted by atomic mass is 16.5. The third-order valence-corrected chi connectivity index (χ3v) is 3.32. The maximum Gasteiger partial charge on any atom is 0.268 e. The predicted octanol–water partition coefficient (Wildman–Crippen LogP) is 2.34. The molecule has 0 radical (unpaired) electrons. The number of aliphatic hydroxyl groups excluding tert-OH is 1. The molecule has 0 fully saturated rings. The summed E-state index contributed by atoms with van der Waals surface area (Å²) >= 11 is 0. The Morgan fingerprint density at radius 2 is 2.00 bits per heavy atom. The standard InChI is InChI=1S/C15H21NO3/c1-9(2)14-15(18)16(10(3)4)12-6-5-11(8-17)7-13(12)19-14/h5-7,9-10,14,17H,8H2,1-4H3. The molecule has 1 aromatic carbocycles. The Morgan fingerprint density at radius 1 is 1.32 bits per heavy atom. The number of aliphatic hydroxyl groups is 1. The van der Waals surface area contributed by atoms with Crippen molar-refractivity contribution in [1.82, 2.24) is 0 Å². The normalized spacial score (nSPS) is 18.8. The van der Waals surface area contributed by atoms with E-state index in [9.17, 15) is 9.90 Å². The molecule has 0 saturated carbocycles. The van der Waals surface area contributed by atoms with Crippen molar-refractivity contribution in [1.29, 1.82) is 0 Å². The molecule has 1 atom stereocenters. The van der Waals surface area contributed by atoms with Crippen molar-refractivity contribution in [2.75, 3.05) is 4.90 Å². The highest BCUT2D eigenvalue weighted by Crippen LogP contribution is 2.37. The molecule has 4 nitrogen and oxygen atoms in total. The molecule has 0 aliphatic carbocycles. The average molecular weight is 263 g/mol. The van der Waals surface area contributed by atoms with Gasteiger partial charge in [-0.25, -0.2) is 0 Å². The summed E-state index contributed by atoms with van der Waals surface area (Å²) in [4.78, 5) is 14.3. The maximum atomic E-state index is 12.5. The third-order valence-electron chi connectivity index (χ3n) is 3.32. The van der Waals surface area contributed by atoms with Crippen LogP contribution in [-0.4, -0.2) is 23.2 Å². The highest BCUT2D eigenvalue weighted by Gasteiger charge is 2.37. The highest BCUT2D eigenvalue weighted by molar-refractivity contribution is 6.00. The summed E-state index contributed by atoms with van der Waals surface area (Å²) in [6, 6.07) is 5.55. The van der Waals surface area contributed by atoms with E-state index in [2.05, 4.69) is 0 Å². The first-order chi connectivity index (χ1) is 8.95. The van der Waals surface area contributed by atoms with E-state index in [-0.39, 0.29) is 24.5 Å². The first kappa shape index (κ1) is 13.9. The van der Waals surface area contributed by atoms with Crippen LogP contribution in [0.1, 0.15) is 33.3 Å². The molecule has 104 valence electrons. The van der Waals surface area contributed by atoms with Crippen LogP contribution in [0.5, 0.6) is 5.75 Å². The Labute approximate surface area is 114 Å². The van der Waals surface area contributed by atoms with Gasteiger partial charge in [0.25, 0.3) is 5.91 Å². The Balaban J connectivity index is 2.49. The zero-order chi connectivity index (χ0) is 14.2. The van der Waals surface area contributed by atoms with Crippen LogP contribution in [0.3, 0.4) is 0 Å². The Hall–Kier alpha value is -1.55. The zero-order valence-electron chi connectivity index (χ0n) is 11.9. The number of rotatable bonds is 3. The fourth-order valence-electron chi connectivity index (χ4n) is 2.35. The van der Waals surface area contributed by atoms with Gasteiger partial charge >= 0.3 is 0 Å². The first-order valence-electron chi connectivity index (χ1n) is 6.69. The van der Waals surface area contributed by atoms with Crippen molar-refractivity contribution in [3.05, 3.63) is 23.8 Å². The van der Waals surface area contributed by atoms with E-state index in [0.29, 0.717) is 5.75 Å². The molecule has 1 aromatic rings. The quantitative estimate of drug-likeness (QED) is 0.910. The molecular formula is C15H21NO3. The van der Waals surface area contributed by atoms with Crippen LogP contribution in [0.25, 0.3) is 0 Å². The van der Waals surface area contributed by atoms with Gasteiger partial charge in [0.1, 0.15) is 5.75 Å². The second-order valence-electron chi connectivity index (χ2n) is 5.54. The first-order valence-corrected chi connectivity index (χ1v) is 6.69. The van der Waals surface area contributed by atoms with Gasteiger partial charge in [-0.15, -0.1) is 0 Å². The number of anilines is 1. The number of nitrogens with zero attached hydrogens (tertiary/aromatic N) is 1. The Morgan fingerprint density at radius 3 is 2.53 bits per heavy atom. The number of hydrogen-bond donors (Lipinski definition) is 1. The molecule has 1 N–H and O–H groups in total. The summed E-state index contributed by atoms with van der Waals surface area (Å²) in [5, 5.41) is 9.21. The SMILES string of the molecule is CC(C)C1Oc2cc(CO)ccc2N(C(C)C)C1=O. The van der Waals surface area contributed by atoms with Crippen molar-refractivity contribution < 1.29 is 14.6 Å². The topological polar surface area (TPSA) is 49.8 Å². The van der Waals surface area contributed by atoms with Gasteiger partial charge < -0.3 is 14.7 Å². The van der Waals surface area contributed by atoms with E-state index in [1.165, 1.54) is 0 Å². The number of fused-ring (bicyclic) bond motifs is 1. The monoisotopic (exact) mass is 263 g/mol. The number of amides is 1. The second kappa shape index (κ2) is 5.21. The van der Waals surface area contributed by atoms with E-state index >= 15 is 0 Å². The molecular weight excluding hydrogens is 242 g/mol. The number of carbonyl (C=O) groups excluding carboxylic acids is 1. The van der Waals surface area contributed by atoms with Gasteiger partial charge in [0.2, 0.25) is 0 Å². The van der Waals surface area contributed by atoms with Crippen molar-refractivity contribution in [3.63, 3.8) is 0 Å². The van der Waals surface area contributed by atoms with E-state index in [1.54, 1.807) is 4.90 Å². The van der Waals surface area contributed by atoms with Crippen molar-refractivity contribution in [2.24, 2.45) is 5.92 Å². The fourth-order valence-corrected chi connectivity index (χ4v) is 2.35. The van der Waals surface area contributed by atoms with Crippen LogP contribution in [0.2, 0.25) is 0 Å². The molecule has 1 amide bonds. The molecule has 1 aliphatic rings. The summed E-state index contributed by atoms with van der Waals surface area (Å²) < 4.78 is 5.83. The minimum absolute atomic E-state index is 0.00856. The number of carbonyl (C=O) groups is 1. The molecule has 0 aromatic heterocycles. The Bertz CT molecular complexity index is 482. The molecule has 2 rings (SSSR count). The largest absolute Gasteiger partial charge is 0.478 e. The molecule has 0 saturated heterocycles. The van der Waals surface area contributed by atoms with E-state index in [0.717, 1.165) is 11.3 Å². The molecule has 19 heavy (non-hydrogen) atoms. The van der Waals surface area contributed by atoms with E-state index in [4.69, 9.17) is 4.74 Å². The lowest BCUT2D eigenvalue weighted by Crippen LogP contribution is -2.51. The lowest BCUT2D eigenvalue weighted by molar-refractivity contribution is -0.128. The second-order valence-corrected chi connectivity index (χ2v) is 5.54. The molecule has 1 aliphatic heterocycles. The van der Waals surface area contributed by atoms with Crippen LogP contribution in [0.15, 0.2) is 18.2 Å². The lowest BCUT2D eigenvalue weighted by atomic mass is 10.0. The summed E-state index contributed by atoms with van der Waals surface area (Å²) in [6.45, 7) is 7.90. The summed E-state index contributed by atoms with van der Waals surface area (Å²) in [6.07, 6.45) is -0.455. The fraction of sp³-hybridized carbons (Fsp3) is 0.533. The van der Waals surface area contributed by atoms with Gasteiger partial charge in [-0.1, -0.05) is 19.9 Å². The van der Waals surface area contributed by atoms with Crippen molar-refractivity contribution >= 4 is 11.6 Å². The molecule has 4 heteroatoms. The van der Waals surface area contributed by atoms with Crippen LogP contribution in [0, 0.1) is 5.92 Å². The summed E-state index contributed by atoms with van der Waals surface area (Å²) in [5.41, 5.74) is 1.58. The lowest BCUT2D eigenvalue weighted by Gasteiger charge is -2.38. The van der Waals surface area contributed by atoms with Crippen LogP contribution >= 0.6 is 0 Å². The molecule has 0 spiro atoms. The van der Waals surface area contributed by atoms with Crippen LogP contribution in [0.4, 0.5) is 5.69 Å². The Kier molecular flexibility index (Phi) is 3.80. The minimum Gasteiger partial charge on any atom is -0.478 e. The van der Waals surface area contributed by atoms with Crippen molar-refractivity contribution in [3.8, 4) is 5.75 Å². The molecule has 1 unspecified atom stereocenters. The number of benzene rings is 1. The average Bonchev–Trinajstić information content (AvgIpc) is 2.36. The summed E-state index contributed by atoms with van der Waals surface area (Å²) in [7, 11) is 0. The molecule has 0 bridgehead atoms. The van der Waals surface area contributed by atoms with Crippen molar-refractivity contribution in [2.45, 2.75) is 46.4 Å². The van der Waals surface area contributed by atoms with Gasteiger partial charge in [-0.05, 0) is 37.5 Å². The maximum absolute atomic E-state index is 12.5. The van der Waals surface area contributed by atoms with Crippen LogP contribution in [-0.2, 0) is 11.4 Å². The van der Waals surface area contributed by atoms with Crippen LogP contribution < -0.4 is 9.64 Å². The minimum atomic E-state index is -0.455. The van der Waals surface area contributed by atoms with E-state index in [1.807, 2.05) is 45.9 Å².